The maximum Gasteiger partial charge on any atom is 0.193 e. The lowest BCUT2D eigenvalue weighted by atomic mass is 9.67. The van der Waals surface area contributed by atoms with Crippen LogP contribution in [0.1, 0.15) is 53.9 Å². The van der Waals surface area contributed by atoms with Crippen LogP contribution in [0.25, 0.3) is 28.3 Å². The fourth-order valence-electron chi connectivity index (χ4n) is 6.62. The summed E-state index contributed by atoms with van der Waals surface area (Å²) in [5.74, 6) is 1.02. The van der Waals surface area contributed by atoms with Crippen LogP contribution in [0.2, 0.25) is 0 Å². The molecule has 3 aliphatic rings. The van der Waals surface area contributed by atoms with Crippen LogP contribution in [0.4, 0.5) is 0 Å². The summed E-state index contributed by atoms with van der Waals surface area (Å²) in [5.41, 5.74) is 16.4. The highest BCUT2D eigenvalue weighted by Crippen LogP contribution is 2.50. The first kappa shape index (κ1) is 18.3. The Morgan fingerprint density at radius 1 is 0.625 bits per heavy atom. The predicted octanol–water partition coefficient (Wildman–Crippen LogP) is 6.15. The van der Waals surface area contributed by atoms with Gasteiger partial charge in [0.25, 0.3) is 0 Å². The minimum atomic E-state index is 0.503. The van der Waals surface area contributed by atoms with E-state index in [9.17, 15) is 0 Å². The molecule has 1 aliphatic heterocycles. The second kappa shape index (κ2) is 6.84. The third-order valence-electron chi connectivity index (χ3n) is 8.02. The van der Waals surface area contributed by atoms with Gasteiger partial charge in [0.15, 0.2) is 7.28 Å². The topological polar surface area (TPSA) is 0 Å². The van der Waals surface area contributed by atoms with Crippen LogP contribution < -0.4 is 10.9 Å². The standard InChI is InChI=1S/C31H25B/c1-19-18-20-14-17-29-31(27-12-6-7-13-28(27)32-29)30(20)21(19)15-16-26-24-10-4-2-8-22(24)23-9-3-5-11-25(23)26/h2-14,17-18,21,26,32H,15-16H2,1H3. The lowest BCUT2D eigenvalue weighted by molar-refractivity contribution is 0.619. The Labute approximate surface area is 190 Å². The van der Waals surface area contributed by atoms with Gasteiger partial charge in [0.1, 0.15) is 0 Å². The van der Waals surface area contributed by atoms with Gasteiger partial charge in [0.2, 0.25) is 0 Å². The summed E-state index contributed by atoms with van der Waals surface area (Å²) in [5, 5.41) is 0. The minimum absolute atomic E-state index is 0.503. The molecule has 1 heteroatoms. The number of allylic oxidation sites excluding steroid dienone is 1. The Morgan fingerprint density at radius 2 is 1.25 bits per heavy atom. The molecule has 0 saturated carbocycles. The molecule has 0 amide bonds. The summed E-state index contributed by atoms with van der Waals surface area (Å²) in [6.07, 6.45) is 4.83. The largest absolute Gasteiger partial charge is 0.193 e. The van der Waals surface area contributed by atoms with Crippen molar-refractivity contribution in [1.82, 2.24) is 0 Å². The monoisotopic (exact) mass is 408 g/mol. The second-order valence-electron chi connectivity index (χ2n) is 9.68. The van der Waals surface area contributed by atoms with E-state index in [0.29, 0.717) is 11.8 Å². The van der Waals surface area contributed by atoms with Gasteiger partial charge in [-0.1, -0.05) is 108 Å². The van der Waals surface area contributed by atoms with Crippen molar-refractivity contribution in [3.8, 4) is 22.3 Å². The predicted molar refractivity (Wildman–Crippen MR) is 138 cm³/mol. The summed E-state index contributed by atoms with van der Waals surface area (Å²) in [6.45, 7) is 2.34. The van der Waals surface area contributed by atoms with Gasteiger partial charge in [-0.3, -0.25) is 0 Å². The van der Waals surface area contributed by atoms with Crippen LogP contribution in [-0.4, -0.2) is 7.28 Å². The fraction of sp³-hybridized carbons (Fsp3) is 0.161. The average molecular weight is 408 g/mol. The zero-order chi connectivity index (χ0) is 21.2. The molecule has 0 aromatic heterocycles. The minimum Gasteiger partial charge on any atom is -0.0709 e. The van der Waals surface area contributed by atoms with Crippen LogP contribution in [0.3, 0.4) is 0 Å². The molecule has 0 fully saturated rings. The summed E-state index contributed by atoms with van der Waals surface area (Å²) in [6, 6.07) is 31.8. The van der Waals surface area contributed by atoms with Gasteiger partial charge >= 0.3 is 0 Å². The van der Waals surface area contributed by atoms with E-state index in [1.807, 2.05) is 0 Å². The van der Waals surface area contributed by atoms with E-state index in [1.54, 1.807) is 5.56 Å². The number of rotatable bonds is 3. The molecule has 4 aromatic carbocycles. The zero-order valence-corrected chi connectivity index (χ0v) is 18.4. The van der Waals surface area contributed by atoms with E-state index in [0.717, 1.165) is 7.28 Å². The van der Waals surface area contributed by atoms with Crippen molar-refractivity contribution >= 4 is 24.3 Å². The van der Waals surface area contributed by atoms with E-state index in [-0.39, 0.29) is 0 Å². The number of hydrogen-bond donors (Lipinski definition) is 0. The van der Waals surface area contributed by atoms with Crippen molar-refractivity contribution in [2.24, 2.45) is 0 Å². The lowest BCUT2D eigenvalue weighted by Crippen LogP contribution is -2.21. The van der Waals surface area contributed by atoms with Gasteiger partial charge in [-0.15, -0.1) is 0 Å². The highest BCUT2D eigenvalue weighted by Gasteiger charge is 2.33. The first-order valence-corrected chi connectivity index (χ1v) is 11.9. The van der Waals surface area contributed by atoms with Gasteiger partial charge < -0.3 is 0 Å². The molecule has 7 rings (SSSR count). The van der Waals surface area contributed by atoms with E-state index >= 15 is 0 Å². The summed E-state index contributed by atoms with van der Waals surface area (Å²) in [7, 11) is 1.08. The second-order valence-corrected chi connectivity index (χ2v) is 9.68. The molecule has 32 heavy (non-hydrogen) atoms. The molecule has 152 valence electrons. The van der Waals surface area contributed by atoms with Crippen molar-refractivity contribution in [2.45, 2.75) is 31.6 Å². The Morgan fingerprint density at radius 3 is 2.00 bits per heavy atom. The summed E-state index contributed by atoms with van der Waals surface area (Å²) in [4.78, 5) is 0. The SMILES string of the molecule is CC1=Cc2ccc3c(c2C1CCC1c2ccccc2-c2ccccc21)-c1ccccc1B3. The smallest absolute Gasteiger partial charge is 0.0709 e. The molecule has 0 radical (unpaired) electrons. The quantitative estimate of drug-likeness (QED) is 0.314. The van der Waals surface area contributed by atoms with Crippen molar-refractivity contribution in [1.29, 1.82) is 0 Å². The highest BCUT2D eigenvalue weighted by molar-refractivity contribution is 6.73. The molecular formula is C31H25B. The third kappa shape index (κ3) is 2.51. The molecule has 4 aromatic rings. The first-order valence-electron chi connectivity index (χ1n) is 11.9. The molecular weight excluding hydrogens is 383 g/mol. The molecule has 1 atom stereocenters. The van der Waals surface area contributed by atoms with E-state index in [4.69, 9.17) is 0 Å². The normalized spacial score (nSPS) is 17.2. The number of hydrogen-bond acceptors (Lipinski definition) is 0. The zero-order valence-electron chi connectivity index (χ0n) is 18.4. The van der Waals surface area contributed by atoms with Gasteiger partial charge in [-0.2, -0.15) is 0 Å². The third-order valence-corrected chi connectivity index (χ3v) is 8.02. The Kier molecular flexibility index (Phi) is 3.91. The Hall–Kier alpha value is -3.32. The van der Waals surface area contributed by atoms with Crippen LogP contribution in [0, 0.1) is 0 Å². The maximum atomic E-state index is 2.44. The average Bonchev–Trinajstić information content (AvgIpc) is 3.46. The van der Waals surface area contributed by atoms with E-state index in [1.165, 1.54) is 68.3 Å². The fourth-order valence-corrected chi connectivity index (χ4v) is 6.62. The molecule has 0 bridgehead atoms. The molecule has 0 saturated heterocycles. The molecule has 1 unspecified atom stereocenters. The Balaban J connectivity index is 1.27. The number of fused-ring (bicyclic) bond motifs is 8. The van der Waals surface area contributed by atoms with E-state index in [2.05, 4.69) is 97.9 Å². The lowest BCUT2D eigenvalue weighted by Gasteiger charge is -2.22. The van der Waals surface area contributed by atoms with Crippen molar-refractivity contribution in [3.05, 3.63) is 113 Å². The van der Waals surface area contributed by atoms with Crippen molar-refractivity contribution < 1.29 is 0 Å². The highest BCUT2D eigenvalue weighted by atomic mass is 14.4. The molecule has 0 N–H and O–H groups in total. The first-order chi connectivity index (χ1) is 15.8. The van der Waals surface area contributed by atoms with Crippen LogP contribution in [0.5, 0.6) is 0 Å². The molecule has 1 heterocycles. The summed E-state index contributed by atoms with van der Waals surface area (Å²) >= 11 is 0. The Bertz CT molecular complexity index is 1380. The molecule has 0 nitrogen and oxygen atoms in total. The van der Waals surface area contributed by atoms with Crippen molar-refractivity contribution in [2.75, 3.05) is 0 Å². The molecule has 0 spiro atoms. The summed E-state index contributed by atoms with van der Waals surface area (Å²) < 4.78 is 0. The van der Waals surface area contributed by atoms with Crippen LogP contribution in [-0.2, 0) is 0 Å². The number of benzene rings is 4. The van der Waals surface area contributed by atoms with Crippen molar-refractivity contribution in [3.63, 3.8) is 0 Å². The molecule has 2 aliphatic carbocycles. The maximum absolute atomic E-state index is 2.44. The van der Waals surface area contributed by atoms with Crippen LogP contribution in [0.15, 0.2) is 90.5 Å². The van der Waals surface area contributed by atoms with Crippen LogP contribution >= 0.6 is 0 Å². The van der Waals surface area contributed by atoms with Gasteiger partial charge in [-0.25, -0.2) is 0 Å². The van der Waals surface area contributed by atoms with Gasteiger partial charge in [0, 0.05) is 11.8 Å². The van der Waals surface area contributed by atoms with Gasteiger partial charge in [0.05, 0.1) is 0 Å². The van der Waals surface area contributed by atoms with Gasteiger partial charge in [-0.05, 0) is 64.3 Å². The van der Waals surface area contributed by atoms with E-state index < -0.39 is 0 Å².